The number of carbonyl (C=O) groups is 1. The molecule has 0 spiro atoms. The first kappa shape index (κ1) is 12.1. The van der Waals surface area contributed by atoms with Crippen LogP contribution in [0.15, 0.2) is 18.2 Å². The Bertz CT molecular complexity index is 413. The van der Waals surface area contributed by atoms with Gasteiger partial charge in [-0.2, -0.15) is 0 Å². The topological polar surface area (TPSA) is 35.5 Å². The molecule has 84 valence electrons. The fourth-order valence-electron chi connectivity index (χ4n) is 1.21. The van der Waals surface area contributed by atoms with E-state index >= 15 is 0 Å². The minimum absolute atomic E-state index is 0.512. The van der Waals surface area contributed by atoms with Crippen molar-refractivity contribution >= 4 is 6.29 Å². The van der Waals surface area contributed by atoms with Crippen molar-refractivity contribution in [1.82, 2.24) is 0 Å². The van der Waals surface area contributed by atoms with Crippen molar-refractivity contribution in [2.24, 2.45) is 0 Å². The zero-order valence-electron chi connectivity index (χ0n) is 9.45. The van der Waals surface area contributed by atoms with Gasteiger partial charge in [-0.1, -0.05) is 0 Å². The maximum absolute atomic E-state index is 10.6. The molecule has 16 heavy (non-hydrogen) atoms. The van der Waals surface area contributed by atoms with Gasteiger partial charge in [-0.25, -0.2) is 0 Å². The lowest BCUT2D eigenvalue weighted by atomic mass is 10.2. The van der Waals surface area contributed by atoms with Crippen LogP contribution in [-0.4, -0.2) is 20.0 Å². The number of rotatable bonds is 5. The molecule has 0 fully saturated rings. The van der Waals surface area contributed by atoms with Crippen molar-refractivity contribution in [2.75, 3.05) is 13.7 Å². The molecule has 0 saturated heterocycles. The minimum atomic E-state index is 0.512. The summed E-state index contributed by atoms with van der Waals surface area (Å²) in [6.45, 7) is 2.30. The molecular formula is C13H14O3. The highest BCUT2D eigenvalue weighted by molar-refractivity contribution is 5.76. The molecule has 0 amide bonds. The van der Waals surface area contributed by atoms with E-state index in [1.807, 2.05) is 0 Å². The van der Waals surface area contributed by atoms with Gasteiger partial charge >= 0.3 is 0 Å². The summed E-state index contributed by atoms with van der Waals surface area (Å²) in [4.78, 5) is 10.6. The molecule has 3 heteroatoms. The van der Waals surface area contributed by atoms with Gasteiger partial charge < -0.3 is 9.47 Å². The van der Waals surface area contributed by atoms with Gasteiger partial charge in [-0.15, -0.1) is 11.8 Å². The van der Waals surface area contributed by atoms with Crippen LogP contribution in [0.3, 0.4) is 0 Å². The van der Waals surface area contributed by atoms with E-state index in [0.717, 1.165) is 6.29 Å². The summed E-state index contributed by atoms with van der Waals surface area (Å²) in [5, 5.41) is 0. The number of aldehydes is 1. The molecule has 3 nitrogen and oxygen atoms in total. The van der Waals surface area contributed by atoms with Crippen LogP contribution in [0.5, 0.6) is 11.5 Å². The van der Waals surface area contributed by atoms with Gasteiger partial charge in [-0.05, 0) is 25.1 Å². The SMILES string of the molecule is CC#CCCOc1ccc(C=O)cc1OC. The van der Waals surface area contributed by atoms with Crippen LogP contribution < -0.4 is 9.47 Å². The van der Waals surface area contributed by atoms with Crippen LogP contribution in [0.25, 0.3) is 0 Å². The van der Waals surface area contributed by atoms with E-state index in [1.54, 1.807) is 32.2 Å². The first-order chi connectivity index (χ1) is 7.81. The Hall–Kier alpha value is -1.95. The number of ether oxygens (including phenoxy) is 2. The number of carbonyl (C=O) groups excluding carboxylic acids is 1. The number of methoxy groups -OCH3 is 1. The van der Waals surface area contributed by atoms with Crippen LogP contribution >= 0.6 is 0 Å². The van der Waals surface area contributed by atoms with Crippen molar-refractivity contribution in [3.8, 4) is 23.3 Å². The molecule has 0 heterocycles. The molecule has 0 saturated carbocycles. The molecule has 1 aromatic carbocycles. The molecular weight excluding hydrogens is 204 g/mol. The van der Waals surface area contributed by atoms with Crippen molar-refractivity contribution in [3.63, 3.8) is 0 Å². The summed E-state index contributed by atoms with van der Waals surface area (Å²) in [5.74, 6) is 6.89. The average molecular weight is 218 g/mol. The van der Waals surface area contributed by atoms with Gasteiger partial charge in [0.15, 0.2) is 11.5 Å². The van der Waals surface area contributed by atoms with Gasteiger partial charge in [0.25, 0.3) is 0 Å². The highest BCUT2D eigenvalue weighted by Crippen LogP contribution is 2.27. The molecule has 1 rings (SSSR count). The Balaban J connectivity index is 2.70. The van der Waals surface area contributed by atoms with E-state index in [0.29, 0.717) is 30.1 Å². The maximum atomic E-state index is 10.6. The van der Waals surface area contributed by atoms with Crippen LogP contribution in [0.4, 0.5) is 0 Å². The maximum Gasteiger partial charge on any atom is 0.161 e. The summed E-state index contributed by atoms with van der Waals surface area (Å²) in [7, 11) is 1.54. The quantitative estimate of drug-likeness (QED) is 0.432. The predicted molar refractivity (Wildman–Crippen MR) is 61.9 cm³/mol. The lowest BCUT2D eigenvalue weighted by Gasteiger charge is -2.09. The van der Waals surface area contributed by atoms with Gasteiger partial charge in [0.2, 0.25) is 0 Å². The Morgan fingerprint density at radius 3 is 2.81 bits per heavy atom. The van der Waals surface area contributed by atoms with Crippen LogP contribution in [-0.2, 0) is 0 Å². The highest BCUT2D eigenvalue weighted by Gasteiger charge is 2.04. The molecule has 0 N–H and O–H groups in total. The van der Waals surface area contributed by atoms with Crippen molar-refractivity contribution < 1.29 is 14.3 Å². The third kappa shape index (κ3) is 3.32. The highest BCUT2D eigenvalue weighted by atomic mass is 16.5. The normalized spacial score (nSPS) is 8.88. The second kappa shape index (κ2) is 6.52. The standard InChI is InChI=1S/C13H14O3/c1-3-4-5-8-16-12-7-6-11(10-14)9-13(12)15-2/h6-7,9-10H,5,8H2,1-2H3. The summed E-state index contributed by atoms with van der Waals surface area (Å²) in [5.41, 5.74) is 0.567. The number of benzene rings is 1. The molecule has 0 bridgehead atoms. The van der Waals surface area contributed by atoms with E-state index in [1.165, 1.54) is 0 Å². The second-order valence-corrected chi connectivity index (χ2v) is 3.05. The first-order valence-electron chi connectivity index (χ1n) is 4.97. The Morgan fingerprint density at radius 2 is 2.19 bits per heavy atom. The predicted octanol–water partition coefficient (Wildman–Crippen LogP) is 2.30. The van der Waals surface area contributed by atoms with Crippen molar-refractivity contribution in [1.29, 1.82) is 0 Å². The summed E-state index contributed by atoms with van der Waals surface area (Å²) >= 11 is 0. The molecule has 0 aromatic heterocycles. The molecule has 0 radical (unpaired) electrons. The van der Waals surface area contributed by atoms with Crippen molar-refractivity contribution in [3.05, 3.63) is 23.8 Å². The third-order valence-electron chi connectivity index (χ3n) is 1.99. The molecule has 1 aromatic rings. The number of hydrogen-bond donors (Lipinski definition) is 0. The van der Waals surface area contributed by atoms with E-state index in [9.17, 15) is 4.79 Å². The Morgan fingerprint density at radius 1 is 1.38 bits per heavy atom. The summed E-state index contributed by atoms with van der Waals surface area (Å²) in [6.07, 6.45) is 1.45. The third-order valence-corrected chi connectivity index (χ3v) is 1.99. The minimum Gasteiger partial charge on any atom is -0.493 e. The molecule has 0 aliphatic rings. The zero-order chi connectivity index (χ0) is 11.8. The van der Waals surface area contributed by atoms with E-state index < -0.39 is 0 Å². The van der Waals surface area contributed by atoms with Crippen LogP contribution in [0.2, 0.25) is 0 Å². The smallest absolute Gasteiger partial charge is 0.161 e. The lowest BCUT2D eigenvalue weighted by Crippen LogP contribution is -1.98. The molecule has 0 aliphatic carbocycles. The fraction of sp³-hybridized carbons (Fsp3) is 0.308. The van der Waals surface area contributed by atoms with E-state index in [2.05, 4.69) is 11.8 Å². The summed E-state index contributed by atoms with van der Waals surface area (Å²) in [6, 6.07) is 5.06. The average Bonchev–Trinajstić information content (AvgIpc) is 2.34. The monoisotopic (exact) mass is 218 g/mol. The van der Waals surface area contributed by atoms with Crippen LogP contribution in [0.1, 0.15) is 23.7 Å². The largest absolute Gasteiger partial charge is 0.493 e. The van der Waals surface area contributed by atoms with Gasteiger partial charge in [0.05, 0.1) is 13.7 Å². The first-order valence-corrected chi connectivity index (χ1v) is 4.97. The summed E-state index contributed by atoms with van der Waals surface area (Å²) < 4.78 is 10.6. The van der Waals surface area contributed by atoms with E-state index in [-0.39, 0.29) is 0 Å². The number of hydrogen-bond acceptors (Lipinski definition) is 3. The molecule has 0 unspecified atom stereocenters. The second-order valence-electron chi connectivity index (χ2n) is 3.05. The van der Waals surface area contributed by atoms with Crippen LogP contribution in [0, 0.1) is 11.8 Å². The molecule has 0 aliphatic heterocycles. The van der Waals surface area contributed by atoms with E-state index in [4.69, 9.17) is 9.47 Å². The van der Waals surface area contributed by atoms with Crippen molar-refractivity contribution in [2.45, 2.75) is 13.3 Å². The molecule has 0 atom stereocenters. The lowest BCUT2D eigenvalue weighted by molar-refractivity contribution is 0.112. The Labute approximate surface area is 95.4 Å². The van der Waals surface area contributed by atoms with Gasteiger partial charge in [0, 0.05) is 12.0 Å². The van der Waals surface area contributed by atoms with Gasteiger partial charge in [0.1, 0.15) is 6.29 Å². The Kier molecular flexibility index (Phi) is 4.94. The van der Waals surface area contributed by atoms with Gasteiger partial charge in [-0.3, -0.25) is 4.79 Å². The fourth-order valence-corrected chi connectivity index (χ4v) is 1.21. The zero-order valence-corrected chi connectivity index (χ0v) is 9.45.